The van der Waals surface area contributed by atoms with Crippen molar-refractivity contribution in [1.82, 2.24) is 9.97 Å². The number of rotatable bonds is 2. The van der Waals surface area contributed by atoms with Gasteiger partial charge in [0.25, 0.3) is 0 Å². The fraction of sp³-hybridized carbons (Fsp3) is 0.462. The average molecular weight is 230 g/mol. The van der Waals surface area contributed by atoms with E-state index < -0.39 is 0 Å². The van der Waals surface area contributed by atoms with Gasteiger partial charge in [-0.15, -0.1) is 0 Å². The number of hydrogen-bond acceptors (Lipinski definition) is 3. The van der Waals surface area contributed by atoms with E-state index in [4.69, 9.17) is 5.73 Å². The molecule has 0 bridgehead atoms. The number of fused-ring (bicyclic) bond motifs is 1. The summed E-state index contributed by atoms with van der Waals surface area (Å²) in [5.41, 5.74) is 8.71. The number of aromatic nitrogens is 2. The SMILES string of the molecule is Nc1cnc2[nH]ccc2c1NC1CCCCC1. The lowest BCUT2D eigenvalue weighted by atomic mass is 9.95. The Morgan fingerprint density at radius 3 is 2.94 bits per heavy atom. The van der Waals surface area contributed by atoms with Gasteiger partial charge in [-0.3, -0.25) is 0 Å². The molecule has 17 heavy (non-hydrogen) atoms. The van der Waals surface area contributed by atoms with Crippen molar-refractivity contribution in [3.63, 3.8) is 0 Å². The number of H-pyrrole nitrogens is 1. The van der Waals surface area contributed by atoms with Crippen molar-refractivity contribution in [2.45, 2.75) is 38.1 Å². The Morgan fingerprint density at radius 1 is 1.29 bits per heavy atom. The third kappa shape index (κ3) is 1.95. The molecule has 4 nitrogen and oxygen atoms in total. The standard InChI is InChI=1S/C13H18N4/c14-11-8-16-13-10(6-7-15-13)12(11)17-9-4-2-1-3-5-9/h6-9H,1-5,14H2,(H2,15,16,17). The molecule has 4 heteroatoms. The minimum atomic E-state index is 0.562. The van der Waals surface area contributed by atoms with Crippen LogP contribution in [0, 0.1) is 0 Å². The second kappa shape index (κ2) is 4.28. The van der Waals surface area contributed by atoms with Crippen LogP contribution in [-0.4, -0.2) is 16.0 Å². The van der Waals surface area contributed by atoms with Gasteiger partial charge < -0.3 is 16.0 Å². The smallest absolute Gasteiger partial charge is 0.139 e. The maximum absolute atomic E-state index is 6.02. The highest BCUT2D eigenvalue weighted by atomic mass is 15.0. The molecule has 1 aliphatic carbocycles. The molecule has 2 aromatic rings. The summed E-state index contributed by atoms with van der Waals surface area (Å²) in [5, 5.41) is 4.69. The van der Waals surface area contributed by atoms with Gasteiger partial charge >= 0.3 is 0 Å². The molecule has 2 aromatic heterocycles. The van der Waals surface area contributed by atoms with E-state index in [0.29, 0.717) is 6.04 Å². The van der Waals surface area contributed by atoms with Crippen LogP contribution in [-0.2, 0) is 0 Å². The molecule has 0 aromatic carbocycles. The molecule has 90 valence electrons. The van der Waals surface area contributed by atoms with Crippen molar-refractivity contribution >= 4 is 22.4 Å². The molecule has 3 rings (SSSR count). The summed E-state index contributed by atoms with van der Waals surface area (Å²) in [6.45, 7) is 0. The fourth-order valence-corrected chi connectivity index (χ4v) is 2.64. The molecular weight excluding hydrogens is 212 g/mol. The normalized spacial score (nSPS) is 17.4. The van der Waals surface area contributed by atoms with E-state index in [1.54, 1.807) is 6.20 Å². The molecule has 1 fully saturated rings. The van der Waals surface area contributed by atoms with E-state index in [9.17, 15) is 0 Å². The lowest BCUT2D eigenvalue weighted by Crippen LogP contribution is -2.23. The molecule has 0 spiro atoms. The van der Waals surface area contributed by atoms with E-state index in [1.165, 1.54) is 32.1 Å². The zero-order valence-corrected chi connectivity index (χ0v) is 9.87. The summed E-state index contributed by atoms with van der Waals surface area (Å²) in [5.74, 6) is 0. The molecule has 0 aliphatic heterocycles. The Bertz CT molecular complexity index is 511. The maximum atomic E-state index is 6.02. The molecule has 0 unspecified atom stereocenters. The Morgan fingerprint density at radius 2 is 2.12 bits per heavy atom. The highest BCUT2D eigenvalue weighted by Crippen LogP contribution is 2.30. The first-order valence-corrected chi connectivity index (χ1v) is 6.33. The number of nitrogen functional groups attached to an aromatic ring is 1. The first-order valence-electron chi connectivity index (χ1n) is 6.33. The van der Waals surface area contributed by atoms with Gasteiger partial charge in [0.2, 0.25) is 0 Å². The third-order valence-corrected chi connectivity index (χ3v) is 3.57. The van der Waals surface area contributed by atoms with Gasteiger partial charge in [0, 0.05) is 17.6 Å². The minimum absolute atomic E-state index is 0.562. The number of nitrogens with zero attached hydrogens (tertiary/aromatic N) is 1. The van der Waals surface area contributed by atoms with Gasteiger partial charge in [0.1, 0.15) is 5.65 Å². The first-order chi connectivity index (χ1) is 8.34. The third-order valence-electron chi connectivity index (χ3n) is 3.57. The zero-order valence-electron chi connectivity index (χ0n) is 9.87. The number of nitrogens with one attached hydrogen (secondary N) is 2. The Hall–Kier alpha value is -1.71. The maximum Gasteiger partial charge on any atom is 0.139 e. The molecule has 0 amide bonds. The summed E-state index contributed by atoms with van der Waals surface area (Å²) in [6.07, 6.45) is 10.1. The van der Waals surface area contributed by atoms with E-state index >= 15 is 0 Å². The molecule has 0 saturated heterocycles. The van der Waals surface area contributed by atoms with E-state index in [0.717, 1.165) is 22.4 Å². The Kier molecular flexibility index (Phi) is 2.63. The molecule has 0 radical (unpaired) electrons. The van der Waals surface area contributed by atoms with Crippen LogP contribution in [0.25, 0.3) is 11.0 Å². The van der Waals surface area contributed by atoms with Crippen LogP contribution in [0.3, 0.4) is 0 Å². The van der Waals surface area contributed by atoms with Gasteiger partial charge in [-0.2, -0.15) is 0 Å². The summed E-state index contributed by atoms with van der Waals surface area (Å²) in [4.78, 5) is 7.39. The molecule has 1 saturated carbocycles. The lowest BCUT2D eigenvalue weighted by Gasteiger charge is -2.24. The minimum Gasteiger partial charge on any atom is -0.396 e. The van der Waals surface area contributed by atoms with Gasteiger partial charge in [-0.25, -0.2) is 4.98 Å². The second-order valence-electron chi connectivity index (χ2n) is 4.81. The lowest BCUT2D eigenvalue weighted by molar-refractivity contribution is 0.463. The first kappa shape index (κ1) is 10.4. The average Bonchev–Trinajstić information content (AvgIpc) is 2.83. The van der Waals surface area contributed by atoms with Crippen LogP contribution in [0.4, 0.5) is 11.4 Å². The van der Waals surface area contributed by atoms with Gasteiger partial charge in [0.05, 0.1) is 17.6 Å². The number of nitrogens with two attached hydrogens (primary N) is 1. The van der Waals surface area contributed by atoms with Crippen molar-refractivity contribution in [3.05, 3.63) is 18.5 Å². The Labute approximate surface area is 101 Å². The number of anilines is 2. The van der Waals surface area contributed by atoms with E-state index in [-0.39, 0.29) is 0 Å². The van der Waals surface area contributed by atoms with Crippen LogP contribution in [0.15, 0.2) is 18.5 Å². The van der Waals surface area contributed by atoms with Gasteiger partial charge in [0.15, 0.2) is 0 Å². The predicted molar refractivity (Wildman–Crippen MR) is 71.0 cm³/mol. The number of pyridine rings is 1. The zero-order chi connectivity index (χ0) is 11.7. The quantitative estimate of drug-likeness (QED) is 0.743. The van der Waals surface area contributed by atoms with Crippen molar-refractivity contribution in [2.75, 3.05) is 11.1 Å². The number of hydrogen-bond donors (Lipinski definition) is 3. The van der Waals surface area contributed by atoms with E-state index in [2.05, 4.69) is 15.3 Å². The van der Waals surface area contributed by atoms with Gasteiger partial charge in [-0.05, 0) is 18.9 Å². The van der Waals surface area contributed by atoms with Crippen LogP contribution in [0.1, 0.15) is 32.1 Å². The molecular formula is C13H18N4. The summed E-state index contributed by atoms with van der Waals surface area (Å²) in [7, 11) is 0. The number of aromatic amines is 1. The van der Waals surface area contributed by atoms with Crippen molar-refractivity contribution < 1.29 is 0 Å². The monoisotopic (exact) mass is 230 g/mol. The topological polar surface area (TPSA) is 66.7 Å². The second-order valence-corrected chi connectivity index (χ2v) is 4.81. The summed E-state index contributed by atoms with van der Waals surface area (Å²) >= 11 is 0. The predicted octanol–water partition coefficient (Wildman–Crippen LogP) is 2.89. The van der Waals surface area contributed by atoms with Crippen molar-refractivity contribution in [1.29, 1.82) is 0 Å². The molecule has 4 N–H and O–H groups in total. The highest BCUT2D eigenvalue weighted by Gasteiger charge is 2.16. The largest absolute Gasteiger partial charge is 0.396 e. The van der Waals surface area contributed by atoms with Crippen LogP contribution >= 0.6 is 0 Å². The van der Waals surface area contributed by atoms with Crippen LogP contribution in [0.2, 0.25) is 0 Å². The van der Waals surface area contributed by atoms with E-state index in [1.807, 2.05) is 12.3 Å². The molecule has 0 atom stereocenters. The van der Waals surface area contributed by atoms with Crippen molar-refractivity contribution in [3.8, 4) is 0 Å². The summed E-state index contributed by atoms with van der Waals surface area (Å²) < 4.78 is 0. The Balaban J connectivity index is 1.92. The van der Waals surface area contributed by atoms with Crippen LogP contribution in [0.5, 0.6) is 0 Å². The molecule has 1 aliphatic rings. The van der Waals surface area contributed by atoms with Crippen LogP contribution < -0.4 is 11.1 Å². The van der Waals surface area contributed by atoms with Crippen molar-refractivity contribution in [2.24, 2.45) is 0 Å². The summed E-state index contributed by atoms with van der Waals surface area (Å²) in [6, 6.07) is 2.59. The highest BCUT2D eigenvalue weighted by molar-refractivity contribution is 5.95. The fourth-order valence-electron chi connectivity index (χ4n) is 2.64. The molecule has 2 heterocycles. The van der Waals surface area contributed by atoms with Gasteiger partial charge in [-0.1, -0.05) is 19.3 Å².